The number of hydrogen-bond acceptors (Lipinski definition) is 5. The fourth-order valence-corrected chi connectivity index (χ4v) is 3.25. The van der Waals surface area contributed by atoms with Gasteiger partial charge in [0.2, 0.25) is 0 Å². The second-order valence-electron chi connectivity index (χ2n) is 7.12. The molecule has 4 rings (SSSR count). The zero-order chi connectivity index (χ0) is 23.4. The van der Waals surface area contributed by atoms with Crippen LogP contribution in [0.2, 0.25) is 0 Å². The molecule has 0 unspecified atom stereocenters. The molecule has 0 aliphatic heterocycles. The van der Waals surface area contributed by atoms with Crippen LogP contribution in [0.3, 0.4) is 0 Å². The van der Waals surface area contributed by atoms with Crippen LogP contribution in [0.5, 0.6) is 0 Å². The lowest BCUT2D eigenvalue weighted by Gasteiger charge is -2.10. The van der Waals surface area contributed by atoms with Crippen molar-refractivity contribution in [2.24, 2.45) is 0 Å². The van der Waals surface area contributed by atoms with Gasteiger partial charge in [-0.1, -0.05) is 30.3 Å². The Bertz CT molecular complexity index is 1420. The number of carbonyl (C=O) groups excluding carboxylic acids is 2. The number of hydrogen-bond donors (Lipinski definition) is 2. The fraction of sp³-hybridized carbons (Fsp3) is 0.0833. The second-order valence-corrected chi connectivity index (χ2v) is 7.12. The summed E-state index contributed by atoms with van der Waals surface area (Å²) < 4.78 is 31.3. The summed E-state index contributed by atoms with van der Waals surface area (Å²) >= 11 is 0. The van der Waals surface area contributed by atoms with Gasteiger partial charge in [0, 0.05) is 18.2 Å². The molecule has 3 aromatic carbocycles. The van der Waals surface area contributed by atoms with Crippen LogP contribution in [-0.2, 0) is 16.0 Å². The molecule has 33 heavy (non-hydrogen) atoms. The van der Waals surface area contributed by atoms with Crippen molar-refractivity contribution in [2.75, 3.05) is 11.9 Å². The minimum Gasteiger partial charge on any atom is -0.452 e. The molecular weight excluding hydrogens is 432 g/mol. The first-order valence-electron chi connectivity index (χ1n) is 9.88. The molecule has 0 saturated heterocycles. The molecule has 0 radical (unpaired) electrons. The number of esters is 1. The van der Waals surface area contributed by atoms with Gasteiger partial charge in [-0.3, -0.25) is 9.59 Å². The number of halogens is 2. The normalized spacial score (nSPS) is 10.7. The van der Waals surface area contributed by atoms with Crippen molar-refractivity contribution in [2.45, 2.75) is 6.42 Å². The highest BCUT2D eigenvalue weighted by Crippen LogP contribution is 2.16. The SMILES string of the molecule is O=C(COC(=O)c1ccccc1Cc1nc2ccccc2c(=O)[nH]1)Nc1ccc(F)c(F)c1. The number of benzene rings is 3. The van der Waals surface area contributed by atoms with E-state index < -0.39 is 30.1 Å². The molecule has 7 nitrogen and oxygen atoms in total. The zero-order valence-corrected chi connectivity index (χ0v) is 17.1. The number of anilines is 1. The van der Waals surface area contributed by atoms with Crippen molar-refractivity contribution in [3.8, 4) is 0 Å². The minimum atomic E-state index is -1.11. The van der Waals surface area contributed by atoms with E-state index in [1.54, 1.807) is 42.5 Å². The van der Waals surface area contributed by atoms with Gasteiger partial charge < -0.3 is 15.0 Å². The number of H-pyrrole nitrogens is 1. The Labute approximate surface area is 186 Å². The lowest BCUT2D eigenvalue weighted by atomic mass is 10.0. The molecule has 2 N–H and O–H groups in total. The molecule has 1 heterocycles. The standard InChI is InChI=1S/C24H17F2N3O4/c25-18-10-9-15(12-19(18)26)27-22(30)13-33-24(32)16-6-2-1-5-14(16)11-21-28-20-8-4-3-7-17(20)23(31)29-21/h1-10,12H,11,13H2,(H,27,30)(H,28,29,31). The van der Waals surface area contributed by atoms with Crippen LogP contribution < -0.4 is 10.9 Å². The predicted octanol–water partition coefficient (Wildman–Crippen LogP) is 3.59. The Morgan fingerprint density at radius 1 is 0.970 bits per heavy atom. The summed E-state index contributed by atoms with van der Waals surface area (Å²) in [5.41, 5.74) is 1.02. The van der Waals surface area contributed by atoms with Crippen LogP contribution in [0.25, 0.3) is 10.9 Å². The average molecular weight is 449 g/mol. The highest BCUT2D eigenvalue weighted by Gasteiger charge is 2.16. The lowest BCUT2D eigenvalue weighted by Crippen LogP contribution is -2.21. The predicted molar refractivity (Wildman–Crippen MR) is 117 cm³/mol. The minimum absolute atomic E-state index is 0.0293. The number of aromatic nitrogens is 2. The smallest absolute Gasteiger partial charge is 0.338 e. The Kier molecular flexibility index (Phi) is 6.21. The Morgan fingerprint density at radius 2 is 1.73 bits per heavy atom. The molecule has 1 amide bonds. The van der Waals surface area contributed by atoms with Crippen LogP contribution in [0.1, 0.15) is 21.7 Å². The van der Waals surface area contributed by atoms with Crippen LogP contribution in [0.4, 0.5) is 14.5 Å². The lowest BCUT2D eigenvalue weighted by molar-refractivity contribution is -0.119. The summed E-state index contributed by atoms with van der Waals surface area (Å²) in [6.07, 6.45) is 0.159. The number of amides is 1. The third-order valence-corrected chi connectivity index (χ3v) is 4.79. The number of fused-ring (bicyclic) bond motifs is 1. The molecule has 1 aromatic heterocycles. The van der Waals surface area contributed by atoms with Crippen LogP contribution in [0, 0.1) is 11.6 Å². The first-order valence-corrected chi connectivity index (χ1v) is 9.88. The van der Waals surface area contributed by atoms with Gasteiger partial charge in [-0.2, -0.15) is 0 Å². The quantitative estimate of drug-likeness (QED) is 0.438. The Balaban J connectivity index is 1.45. The van der Waals surface area contributed by atoms with E-state index in [1.807, 2.05) is 0 Å². The first-order chi connectivity index (χ1) is 15.9. The highest BCUT2D eigenvalue weighted by atomic mass is 19.2. The number of rotatable bonds is 6. The van der Waals surface area contributed by atoms with Gasteiger partial charge in [0.25, 0.3) is 11.5 Å². The highest BCUT2D eigenvalue weighted by molar-refractivity contribution is 5.96. The molecule has 166 valence electrons. The summed E-state index contributed by atoms with van der Waals surface area (Å²) in [5, 5.41) is 2.78. The van der Waals surface area contributed by atoms with Crippen LogP contribution in [0.15, 0.2) is 71.5 Å². The monoisotopic (exact) mass is 449 g/mol. The van der Waals surface area contributed by atoms with E-state index in [9.17, 15) is 23.2 Å². The van der Waals surface area contributed by atoms with E-state index in [1.165, 1.54) is 12.1 Å². The van der Waals surface area contributed by atoms with Crippen molar-refractivity contribution in [1.82, 2.24) is 9.97 Å². The third-order valence-electron chi connectivity index (χ3n) is 4.79. The summed E-state index contributed by atoms with van der Waals surface area (Å²) in [5.74, 6) is -3.26. The molecule has 0 spiro atoms. The molecule has 4 aromatic rings. The fourth-order valence-electron chi connectivity index (χ4n) is 3.25. The third kappa shape index (κ3) is 5.09. The summed E-state index contributed by atoms with van der Waals surface area (Å²) in [6, 6.07) is 16.4. The summed E-state index contributed by atoms with van der Waals surface area (Å²) in [7, 11) is 0. The number of carbonyl (C=O) groups is 2. The molecule has 0 aliphatic rings. The van der Waals surface area contributed by atoms with Crippen molar-refractivity contribution >= 4 is 28.5 Å². The number of para-hydroxylation sites is 1. The van der Waals surface area contributed by atoms with Crippen LogP contribution >= 0.6 is 0 Å². The van der Waals surface area contributed by atoms with Gasteiger partial charge in [0.05, 0.1) is 16.5 Å². The van der Waals surface area contributed by atoms with E-state index in [2.05, 4.69) is 15.3 Å². The molecule has 0 saturated carbocycles. The summed E-state index contributed by atoms with van der Waals surface area (Å²) in [6.45, 7) is -0.628. The van der Waals surface area contributed by atoms with E-state index in [0.29, 0.717) is 22.3 Å². The van der Waals surface area contributed by atoms with Crippen molar-refractivity contribution in [3.63, 3.8) is 0 Å². The van der Waals surface area contributed by atoms with E-state index in [0.717, 1.165) is 12.1 Å². The topological polar surface area (TPSA) is 101 Å². The second kappa shape index (κ2) is 9.39. The van der Waals surface area contributed by atoms with Crippen molar-refractivity contribution in [3.05, 3.63) is 106 Å². The van der Waals surface area contributed by atoms with Crippen molar-refractivity contribution in [1.29, 1.82) is 0 Å². The molecule has 0 atom stereocenters. The number of ether oxygens (including phenoxy) is 1. The van der Waals surface area contributed by atoms with Crippen molar-refractivity contribution < 1.29 is 23.1 Å². The maximum Gasteiger partial charge on any atom is 0.338 e. The molecule has 9 heteroatoms. The number of aromatic amines is 1. The zero-order valence-electron chi connectivity index (χ0n) is 17.1. The van der Waals surface area contributed by atoms with Gasteiger partial charge in [-0.05, 0) is 35.9 Å². The van der Waals surface area contributed by atoms with Gasteiger partial charge in [-0.25, -0.2) is 18.6 Å². The van der Waals surface area contributed by atoms with E-state index in [4.69, 9.17) is 4.74 Å². The Morgan fingerprint density at radius 3 is 2.55 bits per heavy atom. The molecule has 0 aliphatic carbocycles. The maximum atomic E-state index is 13.3. The number of nitrogens with zero attached hydrogens (tertiary/aromatic N) is 1. The van der Waals surface area contributed by atoms with Gasteiger partial charge in [0.1, 0.15) is 5.82 Å². The van der Waals surface area contributed by atoms with Crippen LogP contribution in [-0.4, -0.2) is 28.5 Å². The van der Waals surface area contributed by atoms with Gasteiger partial charge >= 0.3 is 5.97 Å². The molecular formula is C24H17F2N3O4. The summed E-state index contributed by atoms with van der Waals surface area (Å²) in [4.78, 5) is 44.1. The average Bonchev–Trinajstić information content (AvgIpc) is 2.80. The molecule has 0 bridgehead atoms. The Hall–Kier alpha value is -4.40. The van der Waals surface area contributed by atoms with E-state index in [-0.39, 0.29) is 23.2 Å². The number of nitrogens with one attached hydrogen (secondary N) is 2. The van der Waals surface area contributed by atoms with Gasteiger partial charge in [0.15, 0.2) is 18.2 Å². The molecule has 0 fully saturated rings. The van der Waals surface area contributed by atoms with E-state index >= 15 is 0 Å². The first kappa shape index (κ1) is 21.8. The largest absolute Gasteiger partial charge is 0.452 e. The van der Waals surface area contributed by atoms with Gasteiger partial charge in [-0.15, -0.1) is 0 Å². The maximum absolute atomic E-state index is 13.3.